The first kappa shape index (κ1) is 14.3. The second kappa shape index (κ2) is 6.85. The topological polar surface area (TPSA) is 128 Å². The fourth-order valence-corrected chi connectivity index (χ4v) is 1.60. The van der Waals surface area contributed by atoms with Crippen LogP contribution in [0.3, 0.4) is 0 Å². The van der Waals surface area contributed by atoms with Gasteiger partial charge in [0.1, 0.15) is 17.5 Å². The highest BCUT2D eigenvalue weighted by atomic mass is 16.2. The van der Waals surface area contributed by atoms with Gasteiger partial charge in [-0.2, -0.15) is 10.4 Å². The maximum absolute atomic E-state index is 11.6. The van der Waals surface area contributed by atoms with Gasteiger partial charge in [-0.3, -0.25) is 14.7 Å². The number of carbonyl (C=O) groups is 2. The van der Waals surface area contributed by atoms with Crippen molar-refractivity contribution in [1.29, 1.82) is 5.26 Å². The van der Waals surface area contributed by atoms with Gasteiger partial charge in [0, 0.05) is 25.5 Å². The van der Waals surface area contributed by atoms with E-state index in [0.29, 0.717) is 19.5 Å². The molecule has 0 radical (unpaired) electrons. The maximum Gasteiger partial charge on any atom is 0.314 e. The van der Waals surface area contributed by atoms with Gasteiger partial charge in [0.05, 0.1) is 12.5 Å². The number of nitrogens with zero attached hydrogens (tertiary/aromatic N) is 4. The monoisotopic (exact) mass is 287 g/mol. The number of anilines is 1. The fourth-order valence-electron chi connectivity index (χ4n) is 1.60. The summed E-state index contributed by atoms with van der Waals surface area (Å²) in [4.78, 5) is 27.1. The molecule has 0 aliphatic carbocycles. The summed E-state index contributed by atoms with van der Waals surface area (Å²) < 4.78 is 1.87. The number of carbonyl (C=O) groups excluding carboxylic acids is 2. The Bertz CT molecular complexity index is 653. The van der Waals surface area contributed by atoms with Crippen molar-refractivity contribution < 1.29 is 9.59 Å². The van der Waals surface area contributed by atoms with Gasteiger partial charge in [-0.1, -0.05) is 0 Å². The molecule has 0 unspecified atom stereocenters. The quantitative estimate of drug-likeness (QED) is 0.510. The Balaban J connectivity index is 1.73. The van der Waals surface area contributed by atoms with Crippen LogP contribution in [0.15, 0.2) is 24.9 Å². The lowest BCUT2D eigenvalue weighted by atomic mass is 10.3. The van der Waals surface area contributed by atoms with E-state index in [1.807, 2.05) is 16.8 Å². The molecule has 2 aromatic heterocycles. The first-order valence-corrected chi connectivity index (χ1v) is 6.19. The summed E-state index contributed by atoms with van der Waals surface area (Å²) in [6.07, 6.45) is 7.09. The van der Waals surface area contributed by atoms with Gasteiger partial charge >= 0.3 is 11.8 Å². The lowest BCUT2D eigenvalue weighted by molar-refractivity contribution is -0.136. The van der Waals surface area contributed by atoms with Crippen molar-refractivity contribution in [3.8, 4) is 6.07 Å². The average Bonchev–Trinajstić information content (AvgIpc) is 3.14. The lowest BCUT2D eigenvalue weighted by Gasteiger charge is -2.05. The fraction of sp³-hybridized carbons (Fsp3) is 0.250. The van der Waals surface area contributed by atoms with Gasteiger partial charge in [0.15, 0.2) is 0 Å². The summed E-state index contributed by atoms with van der Waals surface area (Å²) in [7, 11) is 0. The molecule has 108 valence electrons. The second-order valence-electron chi connectivity index (χ2n) is 4.13. The summed E-state index contributed by atoms with van der Waals surface area (Å²) >= 11 is 0. The molecule has 0 spiro atoms. The molecule has 2 amide bonds. The zero-order valence-corrected chi connectivity index (χ0v) is 11.0. The molecule has 2 aromatic rings. The maximum atomic E-state index is 11.6. The van der Waals surface area contributed by atoms with E-state index in [-0.39, 0.29) is 11.4 Å². The molecule has 9 nitrogen and oxygen atoms in total. The molecule has 0 saturated carbocycles. The minimum atomic E-state index is -0.849. The van der Waals surface area contributed by atoms with Crippen molar-refractivity contribution in [2.45, 2.75) is 13.0 Å². The third-order valence-electron chi connectivity index (χ3n) is 2.64. The SMILES string of the molecule is N#Cc1cn[nH]c1NC(=O)C(=O)NCCCn1ccnc1. The number of amides is 2. The Kier molecular flexibility index (Phi) is 4.66. The summed E-state index contributed by atoms with van der Waals surface area (Å²) in [5.74, 6) is -1.51. The van der Waals surface area contributed by atoms with Gasteiger partial charge in [-0.25, -0.2) is 4.98 Å². The van der Waals surface area contributed by atoms with Crippen LogP contribution in [-0.4, -0.2) is 38.1 Å². The molecule has 0 aliphatic rings. The van der Waals surface area contributed by atoms with Crippen molar-refractivity contribution in [2.75, 3.05) is 11.9 Å². The Morgan fingerprint density at radius 1 is 1.43 bits per heavy atom. The van der Waals surface area contributed by atoms with E-state index in [2.05, 4.69) is 25.8 Å². The molecule has 0 atom stereocenters. The summed E-state index contributed by atoms with van der Waals surface area (Å²) in [5, 5.41) is 19.6. The van der Waals surface area contributed by atoms with Crippen LogP contribution in [0.2, 0.25) is 0 Å². The zero-order valence-electron chi connectivity index (χ0n) is 11.0. The van der Waals surface area contributed by atoms with E-state index in [4.69, 9.17) is 5.26 Å². The van der Waals surface area contributed by atoms with E-state index in [1.54, 1.807) is 12.5 Å². The highest BCUT2D eigenvalue weighted by Gasteiger charge is 2.15. The summed E-state index contributed by atoms with van der Waals surface area (Å²) in [6.45, 7) is 1.06. The molecule has 0 fully saturated rings. The summed E-state index contributed by atoms with van der Waals surface area (Å²) in [6, 6.07) is 1.84. The van der Waals surface area contributed by atoms with Gasteiger partial charge in [0.25, 0.3) is 0 Å². The molecule has 0 aliphatic heterocycles. The highest BCUT2D eigenvalue weighted by Crippen LogP contribution is 2.08. The Morgan fingerprint density at radius 2 is 2.29 bits per heavy atom. The predicted octanol–water partition coefficient (Wildman–Crippen LogP) is -0.377. The van der Waals surface area contributed by atoms with E-state index >= 15 is 0 Å². The van der Waals surface area contributed by atoms with E-state index in [9.17, 15) is 9.59 Å². The van der Waals surface area contributed by atoms with Crippen molar-refractivity contribution in [1.82, 2.24) is 25.1 Å². The third-order valence-corrected chi connectivity index (χ3v) is 2.64. The van der Waals surface area contributed by atoms with Crippen molar-refractivity contribution in [3.05, 3.63) is 30.5 Å². The Morgan fingerprint density at radius 3 is 3.00 bits per heavy atom. The van der Waals surface area contributed by atoms with Crippen LogP contribution in [0.25, 0.3) is 0 Å². The number of aryl methyl sites for hydroxylation is 1. The van der Waals surface area contributed by atoms with E-state index in [1.165, 1.54) is 6.20 Å². The van der Waals surface area contributed by atoms with Crippen molar-refractivity contribution >= 4 is 17.6 Å². The molecule has 3 N–H and O–H groups in total. The minimum Gasteiger partial charge on any atom is -0.348 e. The molecular weight excluding hydrogens is 274 g/mol. The highest BCUT2D eigenvalue weighted by molar-refractivity contribution is 6.39. The van der Waals surface area contributed by atoms with Gasteiger partial charge in [0.2, 0.25) is 0 Å². The molecule has 0 aromatic carbocycles. The first-order valence-electron chi connectivity index (χ1n) is 6.19. The van der Waals surface area contributed by atoms with Crippen LogP contribution >= 0.6 is 0 Å². The first-order chi connectivity index (χ1) is 10.2. The van der Waals surface area contributed by atoms with Crippen LogP contribution in [0.4, 0.5) is 5.82 Å². The van der Waals surface area contributed by atoms with Crippen LogP contribution in [-0.2, 0) is 16.1 Å². The van der Waals surface area contributed by atoms with Crippen LogP contribution in [0, 0.1) is 11.3 Å². The smallest absolute Gasteiger partial charge is 0.314 e. The molecule has 2 rings (SSSR count). The molecule has 0 saturated heterocycles. The lowest BCUT2D eigenvalue weighted by Crippen LogP contribution is -2.36. The standard InChI is InChI=1S/C12H13N7O2/c13-6-9-7-16-18-10(9)17-12(21)11(20)15-2-1-4-19-5-3-14-8-19/h3,5,7-8H,1-2,4H2,(H,15,20)(H2,16,17,18,21). The third kappa shape index (κ3) is 3.90. The number of rotatable bonds is 5. The number of aromatic nitrogens is 4. The van der Waals surface area contributed by atoms with Crippen LogP contribution in [0.1, 0.15) is 12.0 Å². The molecule has 21 heavy (non-hydrogen) atoms. The molecule has 9 heteroatoms. The summed E-state index contributed by atoms with van der Waals surface area (Å²) in [5.41, 5.74) is 0.163. The number of nitriles is 1. The average molecular weight is 287 g/mol. The Hall–Kier alpha value is -3.15. The normalized spacial score (nSPS) is 9.86. The van der Waals surface area contributed by atoms with Crippen LogP contribution in [0.5, 0.6) is 0 Å². The largest absolute Gasteiger partial charge is 0.348 e. The van der Waals surface area contributed by atoms with Gasteiger partial charge in [-0.05, 0) is 6.42 Å². The van der Waals surface area contributed by atoms with Crippen molar-refractivity contribution in [2.24, 2.45) is 0 Å². The Labute approximate surface area is 120 Å². The predicted molar refractivity (Wildman–Crippen MR) is 71.8 cm³/mol. The number of hydrogen-bond donors (Lipinski definition) is 3. The molecular formula is C12H13N7O2. The van der Waals surface area contributed by atoms with E-state index < -0.39 is 11.8 Å². The van der Waals surface area contributed by atoms with Crippen LogP contribution < -0.4 is 10.6 Å². The number of nitrogens with one attached hydrogen (secondary N) is 3. The van der Waals surface area contributed by atoms with Gasteiger partial charge in [-0.15, -0.1) is 0 Å². The number of imidazole rings is 1. The second-order valence-corrected chi connectivity index (χ2v) is 4.13. The minimum absolute atomic E-state index is 0.107. The van der Waals surface area contributed by atoms with Gasteiger partial charge < -0.3 is 15.2 Å². The number of hydrogen-bond acceptors (Lipinski definition) is 5. The number of H-pyrrole nitrogens is 1. The molecule has 2 heterocycles. The number of aromatic amines is 1. The van der Waals surface area contributed by atoms with E-state index in [0.717, 1.165) is 0 Å². The molecule has 0 bridgehead atoms. The van der Waals surface area contributed by atoms with Crippen molar-refractivity contribution in [3.63, 3.8) is 0 Å². The zero-order chi connectivity index (χ0) is 15.1.